The third kappa shape index (κ3) is 3.56. The van der Waals surface area contributed by atoms with Gasteiger partial charge >= 0.3 is 0 Å². The minimum atomic E-state index is 0.723. The topological polar surface area (TPSA) is 29.3 Å². The van der Waals surface area contributed by atoms with Crippen LogP contribution in [0.5, 0.6) is 0 Å². The summed E-state index contributed by atoms with van der Waals surface area (Å²) in [5, 5.41) is 4.45. The van der Waals surface area contributed by atoms with Gasteiger partial charge in [-0.15, -0.1) is 0 Å². The number of nitrogens with zero attached hydrogens (tertiary/aromatic N) is 1. The van der Waals surface area contributed by atoms with Gasteiger partial charge in [0, 0.05) is 12.6 Å². The summed E-state index contributed by atoms with van der Waals surface area (Å²) in [5.41, 5.74) is 7.44. The number of nitrogens with two attached hydrogens (primary N) is 1. The number of likely N-dealkylation sites (N-methyl/N-ethyl adjacent to an activating group) is 1. The average molecular weight is 266 g/mol. The van der Waals surface area contributed by atoms with E-state index in [4.69, 9.17) is 5.73 Å². The van der Waals surface area contributed by atoms with E-state index < -0.39 is 0 Å². The Kier molecular flexibility index (Phi) is 5.67. The zero-order valence-corrected chi connectivity index (χ0v) is 12.3. The average Bonchev–Trinajstić information content (AvgIpc) is 2.93. The molecule has 1 heterocycles. The molecule has 1 aromatic rings. The van der Waals surface area contributed by atoms with Crippen molar-refractivity contribution in [3.8, 4) is 0 Å². The van der Waals surface area contributed by atoms with E-state index in [1.807, 2.05) is 0 Å². The van der Waals surface area contributed by atoms with Crippen LogP contribution >= 0.6 is 11.3 Å². The van der Waals surface area contributed by atoms with Crippen molar-refractivity contribution in [3.05, 3.63) is 22.4 Å². The molecule has 1 fully saturated rings. The van der Waals surface area contributed by atoms with E-state index in [-0.39, 0.29) is 0 Å². The molecule has 2 unspecified atom stereocenters. The smallest absolute Gasteiger partial charge is 0.0136 e. The molecule has 0 radical (unpaired) electrons. The van der Waals surface area contributed by atoms with Crippen molar-refractivity contribution in [2.45, 2.75) is 45.1 Å². The molecule has 2 rings (SSSR count). The van der Waals surface area contributed by atoms with Gasteiger partial charge in [0.1, 0.15) is 0 Å². The molecule has 0 bridgehead atoms. The second kappa shape index (κ2) is 7.27. The van der Waals surface area contributed by atoms with Gasteiger partial charge in [0.25, 0.3) is 0 Å². The quantitative estimate of drug-likeness (QED) is 0.857. The molecule has 0 spiro atoms. The van der Waals surface area contributed by atoms with Crippen molar-refractivity contribution in [2.75, 3.05) is 19.6 Å². The Morgan fingerprint density at radius 1 is 1.39 bits per heavy atom. The lowest BCUT2D eigenvalue weighted by Crippen LogP contribution is -2.45. The highest BCUT2D eigenvalue weighted by Gasteiger charge is 2.28. The molecule has 0 saturated heterocycles. The van der Waals surface area contributed by atoms with E-state index in [1.165, 1.54) is 44.2 Å². The first-order valence-electron chi connectivity index (χ1n) is 7.30. The van der Waals surface area contributed by atoms with Crippen LogP contribution in [-0.4, -0.2) is 30.6 Å². The zero-order chi connectivity index (χ0) is 12.8. The van der Waals surface area contributed by atoms with Crippen molar-refractivity contribution in [1.82, 2.24) is 4.90 Å². The van der Waals surface area contributed by atoms with Gasteiger partial charge in [-0.25, -0.2) is 0 Å². The SMILES string of the molecule is CCN(CCc1ccsc1)C1CCCCC1CN. The third-order valence-corrected chi connectivity index (χ3v) is 5.05. The molecule has 1 aliphatic rings. The van der Waals surface area contributed by atoms with Gasteiger partial charge in [-0.1, -0.05) is 19.8 Å². The fourth-order valence-electron chi connectivity index (χ4n) is 3.21. The lowest BCUT2D eigenvalue weighted by molar-refractivity contribution is 0.113. The van der Waals surface area contributed by atoms with Gasteiger partial charge in [0.2, 0.25) is 0 Å². The monoisotopic (exact) mass is 266 g/mol. The Labute approximate surface area is 115 Å². The molecule has 2 atom stereocenters. The first kappa shape index (κ1) is 14.0. The molecule has 0 aliphatic heterocycles. The van der Waals surface area contributed by atoms with Crippen LogP contribution in [0, 0.1) is 5.92 Å². The second-order valence-corrected chi connectivity index (χ2v) is 6.14. The lowest BCUT2D eigenvalue weighted by atomic mass is 9.83. The van der Waals surface area contributed by atoms with Gasteiger partial charge in [0.05, 0.1) is 0 Å². The standard InChI is InChI=1S/C15H26N2S/c1-2-17(9-7-13-8-10-18-12-13)15-6-4-3-5-14(15)11-16/h8,10,12,14-15H,2-7,9,11,16H2,1H3. The van der Waals surface area contributed by atoms with Crippen LogP contribution in [0.4, 0.5) is 0 Å². The number of hydrogen-bond acceptors (Lipinski definition) is 3. The highest BCUT2D eigenvalue weighted by atomic mass is 32.1. The van der Waals surface area contributed by atoms with Crippen molar-refractivity contribution in [3.63, 3.8) is 0 Å². The number of thiophene rings is 1. The Hall–Kier alpha value is -0.380. The third-order valence-electron chi connectivity index (χ3n) is 4.31. The summed E-state index contributed by atoms with van der Waals surface area (Å²) in [4.78, 5) is 2.66. The van der Waals surface area contributed by atoms with Gasteiger partial charge < -0.3 is 10.6 Å². The molecule has 102 valence electrons. The Morgan fingerprint density at radius 3 is 2.89 bits per heavy atom. The molecule has 18 heavy (non-hydrogen) atoms. The number of rotatable bonds is 6. The van der Waals surface area contributed by atoms with E-state index in [2.05, 4.69) is 28.7 Å². The molecule has 1 aromatic heterocycles. The minimum Gasteiger partial charge on any atom is -0.330 e. The predicted octanol–water partition coefficient (Wildman–Crippen LogP) is 3.13. The summed E-state index contributed by atoms with van der Waals surface area (Å²) in [6.07, 6.45) is 6.62. The van der Waals surface area contributed by atoms with Crippen LogP contribution in [0.2, 0.25) is 0 Å². The summed E-state index contributed by atoms with van der Waals surface area (Å²) >= 11 is 1.80. The fraction of sp³-hybridized carbons (Fsp3) is 0.733. The van der Waals surface area contributed by atoms with Crippen LogP contribution < -0.4 is 5.73 Å². The highest BCUT2D eigenvalue weighted by molar-refractivity contribution is 7.07. The van der Waals surface area contributed by atoms with Crippen LogP contribution in [0.1, 0.15) is 38.2 Å². The lowest BCUT2D eigenvalue weighted by Gasteiger charge is -2.39. The van der Waals surface area contributed by atoms with Crippen molar-refractivity contribution >= 4 is 11.3 Å². The number of hydrogen-bond donors (Lipinski definition) is 1. The summed E-state index contributed by atoms with van der Waals surface area (Å²) in [5.74, 6) is 0.723. The normalized spacial score (nSPS) is 24.6. The molecule has 1 aliphatic carbocycles. The Morgan fingerprint density at radius 2 is 2.22 bits per heavy atom. The highest BCUT2D eigenvalue weighted by Crippen LogP contribution is 2.28. The molecule has 0 amide bonds. The van der Waals surface area contributed by atoms with Crippen molar-refractivity contribution in [1.29, 1.82) is 0 Å². The van der Waals surface area contributed by atoms with E-state index >= 15 is 0 Å². The van der Waals surface area contributed by atoms with Crippen molar-refractivity contribution in [2.24, 2.45) is 11.7 Å². The second-order valence-electron chi connectivity index (χ2n) is 5.36. The maximum atomic E-state index is 5.95. The fourth-order valence-corrected chi connectivity index (χ4v) is 3.91. The molecule has 0 aromatic carbocycles. The zero-order valence-electron chi connectivity index (χ0n) is 11.5. The van der Waals surface area contributed by atoms with Gasteiger partial charge in [-0.3, -0.25) is 0 Å². The molecule has 1 saturated carbocycles. The summed E-state index contributed by atoms with van der Waals surface area (Å²) in [7, 11) is 0. The Balaban J connectivity index is 1.89. The van der Waals surface area contributed by atoms with Crippen LogP contribution in [0.3, 0.4) is 0 Å². The van der Waals surface area contributed by atoms with Crippen LogP contribution in [0.15, 0.2) is 16.8 Å². The maximum absolute atomic E-state index is 5.95. The summed E-state index contributed by atoms with van der Waals surface area (Å²) in [6.45, 7) is 5.50. The Bertz CT molecular complexity index is 323. The molecule has 2 N–H and O–H groups in total. The van der Waals surface area contributed by atoms with E-state index in [9.17, 15) is 0 Å². The maximum Gasteiger partial charge on any atom is 0.0136 e. The van der Waals surface area contributed by atoms with Gasteiger partial charge in [0.15, 0.2) is 0 Å². The van der Waals surface area contributed by atoms with E-state index in [0.29, 0.717) is 0 Å². The van der Waals surface area contributed by atoms with E-state index in [0.717, 1.165) is 25.0 Å². The van der Waals surface area contributed by atoms with Gasteiger partial charge in [-0.2, -0.15) is 11.3 Å². The molecular weight excluding hydrogens is 240 g/mol. The minimum absolute atomic E-state index is 0.723. The largest absolute Gasteiger partial charge is 0.330 e. The first-order chi connectivity index (χ1) is 8.85. The van der Waals surface area contributed by atoms with E-state index in [1.54, 1.807) is 11.3 Å². The van der Waals surface area contributed by atoms with Crippen LogP contribution in [0.25, 0.3) is 0 Å². The molecule has 2 nitrogen and oxygen atoms in total. The summed E-state index contributed by atoms with van der Waals surface area (Å²) in [6, 6.07) is 2.98. The van der Waals surface area contributed by atoms with Gasteiger partial charge in [-0.05, 0) is 60.7 Å². The van der Waals surface area contributed by atoms with Crippen LogP contribution in [-0.2, 0) is 6.42 Å². The molecule has 3 heteroatoms. The summed E-state index contributed by atoms with van der Waals surface area (Å²) < 4.78 is 0. The first-order valence-corrected chi connectivity index (χ1v) is 8.24. The van der Waals surface area contributed by atoms with Crippen molar-refractivity contribution < 1.29 is 0 Å². The molecular formula is C15H26N2S. The predicted molar refractivity (Wildman–Crippen MR) is 80.1 cm³/mol.